The van der Waals surface area contributed by atoms with Gasteiger partial charge in [-0.3, -0.25) is 4.79 Å². The first-order valence-electron chi connectivity index (χ1n) is 10.6. The van der Waals surface area contributed by atoms with E-state index in [9.17, 15) is 13.6 Å². The first-order chi connectivity index (χ1) is 15.4. The Bertz CT molecular complexity index is 912. The fraction of sp³-hybridized carbons (Fsp3) is 0.400. The van der Waals surface area contributed by atoms with E-state index in [0.717, 1.165) is 48.9 Å². The van der Waals surface area contributed by atoms with Crippen LogP contribution in [0.5, 0.6) is 11.5 Å². The number of halogens is 2. The van der Waals surface area contributed by atoms with Crippen LogP contribution in [0, 0.1) is 18.6 Å². The van der Waals surface area contributed by atoms with Crippen LogP contribution in [0.15, 0.2) is 42.0 Å². The van der Waals surface area contributed by atoms with Crippen LogP contribution in [0.4, 0.5) is 8.78 Å². The van der Waals surface area contributed by atoms with Crippen LogP contribution < -0.4 is 14.8 Å². The van der Waals surface area contributed by atoms with Crippen LogP contribution in [-0.4, -0.2) is 51.2 Å². The number of benzene rings is 2. The van der Waals surface area contributed by atoms with Gasteiger partial charge in [-0.1, -0.05) is 17.7 Å². The molecule has 2 aromatic carbocycles. The summed E-state index contributed by atoms with van der Waals surface area (Å²) < 4.78 is 36.6. The molecule has 1 saturated heterocycles. The molecule has 0 spiro atoms. The van der Waals surface area contributed by atoms with Gasteiger partial charge in [-0.05, 0) is 63.1 Å². The summed E-state index contributed by atoms with van der Waals surface area (Å²) in [6, 6.07) is 9.65. The van der Waals surface area contributed by atoms with Crippen molar-refractivity contribution in [3.63, 3.8) is 0 Å². The third-order valence-corrected chi connectivity index (χ3v) is 5.12. The van der Waals surface area contributed by atoms with Gasteiger partial charge in [0.2, 0.25) is 6.41 Å². The molecule has 0 aromatic heterocycles. The maximum Gasteiger partial charge on any atom is 0.210 e. The van der Waals surface area contributed by atoms with Gasteiger partial charge in [0.1, 0.15) is 11.6 Å². The van der Waals surface area contributed by atoms with E-state index in [2.05, 4.69) is 5.32 Å². The summed E-state index contributed by atoms with van der Waals surface area (Å²) in [5.41, 5.74) is 2.35. The Hall–Kier alpha value is -2.93. The summed E-state index contributed by atoms with van der Waals surface area (Å²) in [4.78, 5) is 12.8. The molecule has 1 heterocycles. The SMILES string of the molecule is C/C(=C\c1ccc(F)cc1F)CN(C=O)C[C@@H]1CCCN1.COc1ccc(C)cc1OC. The molecule has 1 atom stereocenters. The third-order valence-electron chi connectivity index (χ3n) is 5.12. The minimum Gasteiger partial charge on any atom is -0.493 e. The molecule has 1 fully saturated rings. The summed E-state index contributed by atoms with van der Waals surface area (Å²) >= 11 is 0. The number of hydrogen-bond acceptors (Lipinski definition) is 4. The lowest BCUT2D eigenvalue weighted by atomic mass is 10.1. The van der Waals surface area contributed by atoms with Crippen LogP contribution in [0.2, 0.25) is 0 Å². The molecule has 2 aromatic rings. The van der Waals surface area contributed by atoms with Gasteiger partial charge >= 0.3 is 0 Å². The summed E-state index contributed by atoms with van der Waals surface area (Å²) in [6.07, 6.45) is 4.67. The second-order valence-corrected chi connectivity index (χ2v) is 7.84. The molecular weight excluding hydrogens is 414 g/mol. The summed E-state index contributed by atoms with van der Waals surface area (Å²) in [5, 5.41) is 3.34. The minimum absolute atomic E-state index is 0.332. The number of hydrogen-bond donors (Lipinski definition) is 1. The van der Waals surface area contributed by atoms with Crippen molar-refractivity contribution in [2.24, 2.45) is 0 Å². The number of ether oxygens (including phenoxy) is 2. The molecule has 1 aliphatic heterocycles. The number of rotatable bonds is 8. The Labute approximate surface area is 189 Å². The smallest absolute Gasteiger partial charge is 0.210 e. The van der Waals surface area contributed by atoms with Gasteiger partial charge in [0.05, 0.1) is 14.2 Å². The highest BCUT2D eigenvalue weighted by molar-refractivity contribution is 5.55. The highest BCUT2D eigenvalue weighted by Crippen LogP contribution is 2.26. The van der Waals surface area contributed by atoms with E-state index in [-0.39, 0.29) is 0 Å². The van der Waals surface area contributed by atoms with E-state index in [1.807, 2.05) is 32.0 Å². The molecule has 1 amide bonds. The summed E-state index contributed by atoms with van der Waals surface area (Å²) in [7, 11) is 3.27. The molecule has 32 heavy (non-hydrogen) atoms. The van der Waals surface area contributed by atoms with E-state index < -0.39 is 11.6 Å². The fourth-order valence-corrected chi connectivity index (χ4v) is 3.53. The quantitative estimate of drug-likeness (QED) is 0.603. The lowest BCUT2D eigenvalue weighted by molar-refractivity contribution is -0.118. The maximum absolute atomic E-state index is 13.6. The van der Waals surface area contributed by atoms with Gasteiger partial charge in [0.25, 0.3) is 0 Å². The van der Waals surface area contributed by atoms with Gasteiger partial charge in [0.15, 0.2) is 11.5 Å². The molecule has 5 nitrogen and oxygen atoms in total. The number of nitrogens with one attached hydrogen (secondary N) is 1. The van der Waals surface area contributed by atoms with Gasteiger partial charge in [0, 0.05) is 30.8 Å². The molecule has 7 heteroatoms. The van der Waals surface area contributed by atoms with E-state index in [1.54, 1.807) is 25.2 Å². The van der Waals surface area contributed by atoms with E-state index in [4.69, 9.17) is 9.47 Å². The molecule has 0 aliphatic carbocycles. The van der Waals surface area contributed by atoms with Crippen molar-refractivity contribution < 1.29 is 23.0 Å². The molecule has 0 unspecified atom stereocenters. The molecule has 0 radical (unpaired) electrons. The van der Waals surface area contributed by atoms with Crippen molar-refractivity contribution in [2.75, 3.05) is 33.9 Å². The Balaban J connectivity index is 0.000000278. The highest BCUT2D eigenvalue weighted by Gasteiger charge is 2.17. The van der Waals surface area contributed by atoms with Crippen LogP contribution in [-0.2, 0) is 4.79 Å². The van der Waals surface area contributed by atoms with Crippen LogP contribution >= 0.6 is 0 Å². The Morgan fingerprint density at radius 3 is 2.50 bits per heavy atom. The van der Waals surface area contributed by atoms with Gasteiger partial charge < -0.3 is 19.7 Å². The second-order valence-electron chi connectivity index (χ2n) is 7.84. The van der Waals surface area contributed by atoms with Crippen molar-refractivity contribution >= 4 is 12.5 Å². The van der Waals surface area contributed by atoms with Crippen molar-refractivity contribution in [3.8, 4) is 11.5 Å². The second kappa shape index (κ2) is 12.8. The first-order valence-corrected chi connectivity index (χ1v) is 10.6. The summed E-state index contributed by atoms with van der Waals surface area (Å²) in [5.74, 6) is 0.374. The molecule has 3 rings (SSSR count). The standard InChI is InChI=1S/C16H20F2N2O.C9H12O2/c1-12(7-13-4-5-14(17)8-16(13)18)9-20(11-21)10-15-3-2-6-19-15;1-7-4-5-8(10-2)9(6-7)11-3/h4-5,7-8,11,15,19H,2-3,6,9-10H2,1H3;4-6H,1-3H3/b12-7+;/t15-;/m0./s1. The Morgan fingerprint density at radius 1 is 1.16 bits per heavy atom. The normalized spacial score (nSPS) is 15.6. The Kier molecular flexibility index (Phi) is 10.1. The predicted octanol–water partition coefficient (Wildman–Crippen LogP) is 4.59. The van der Waals surface area contributed by atoms with Crippen LogP contribution in [0.3, 0.4) is 0 Å². The Morgan fingerprint density at radius 2 is 1.91 bits per heavy atom. The maximum atomic E-state index is 13.6. The van der Waals surface area contributed by atoms with Crippen LogP contribution in [0.1, 0.15) is 30.9 Å². The zero-order chi connectivity index (χ0) is 23.5. The lowest BCUT2D eigenvalue weighted by Crippen LogP contribution is -2.37. The van der Waals surface area contributed by atoms with Crippen molar-refractivity contribution in [2.45, 2.75) is 32.7 Å². The first kappa shape index (κ1) is 25.3. The zero-order valence-electron chi connectivity index (χ0n) is 19.2. The molecule has 1 N–H and O–H groups in total. The zero-order valence-corrected chi connectivity index (χ0v) is 19.2. The molecule has 1 aliphatic rings. The highest BCUT2D eigenvalue weighted by atomic mass is 19.1. The van der Waals surface area contributed by atoms with Gasteiger partial charge in [-0.25, -0.2) is 8.78 Å². The fourth-order valence-electron chi connectivity index (χ4n) is 3.53. The van der Waals surface area contributed by atoms with E-state index in [1.165, 1.54) is 17.7 Å². The number of carbonyl (C=O) groups is 1. The average Bonchev–Trinajstić information content (AvgIpc) is 3.28. The third kappa shape index (κ3) is 7.96. The van der Waals surface area contributed by atoms with Gasteiger partial charge in [-0.15, -0.1) is 0 Å². The number of aryl methyl sites for hydroxylation is 1. The number of nitrogens with zero attached hydrogens (tertiary/aromatic N) is 1. The van der Waals surface area contributed by atoms with Crippen molar-refractivity contribution in [3.05, 3.63) is 64.7 Å². The van der Waals surface area contributed by atoms with Gasteiger partial charge in [-0.2, -0.15) is 0 Å². The minimum atomic E-state index is -0.593. The number of carbonyl (C=O) groups excluding carboxylic acids is 1. The van der Waals surface area contributed by atoms with E-state index in [0.29, 0.717) is 24.7 Å². The van der Waals surface area contributed by atoms with E-state index >= 15 is 0 Å². The number of amides is 1. The lowest BCUT2D eigenvalue weighted by Gasteiger charge is -2.22. The molecule has 0 saturated carbocycles. The molecule has 174 valence electrons. The summed E-state index contributed by atoms with van der Waals surface area (Å²) in [6.45, 7) is 5.94. The van der Waals surface area contributed by atoms with Crippen LogP contribution in [0.25, 0.3) is 6.08 Å². The van der Waals surface area contributed by atoms with Crippen molar-refractivity contribution in [1.29, 1.82) is 0 Å². The number of methoxy groups -OCH3 is 2. The average molecular weight is 447 g/mol. The largest absolute Gasteiger partial charge is 0.493 e. The monoisotopic (exact) mass is 446 g/mol. The topological polar surface area (TPSA) is 50.8 Å². The van der Waals surface area contributed by atoms with Crippen molar-refractivity contribution in [1.82, 2.24) is 10.2 Å². The molecular formula is C25H32F2N2O3. The molecule has 0 bridgehead atoms. The predicted molar refractivity (Wildman–Crippen MR) is 123 cm³/mol.